The van der Waals surface area contributed by atoms with Gasteiger partial charge < -0.3 is 15.7 Å². The second-order valence-corrected chi connectivity index (χ2v) is 3.62. The Labute approximate surface area is 93.5 Å². The van der Waals surface area contributed by atoms with Crippen LogP contribution in [0, 0.1) is 0 Å². The highest BCUT2D eigenvalue weighted by Crippen LogP contribution is 2.00. The molecule has 0 radical (unpaired) electrons. The molecular formula is C9H17N3O4. The van der Waals surface area contributed by atoms with Gasteiger partial charge in [-0.05, 0) is 19.4 Å². The number of piperidine rings is 1. The van der Waals surface area contributed by atoms with E-state index in [4.69, 9.17) is 9.94 Å². The second-order valence-electron chi connectivity index (χ2n) is 3.62. The summed E-state index contributed by atoms with van der Waals surface area (Å²) in [4.78, 5) is 26.2. The minimum absolute atomic E-state index is 0.177. The van der Waals surface area contributed by atoms with E-state index in [2.05, 4.69) is 16.1 Å². The molecule has 1 fully saturated rings. The molecule has 0 spiro atoms. The lowest BCUT2D eigenvalue weighted by Crippen LogP contribution is -2.44. The van der Waals surface area contributed by atoms with Gasteiger partial charge >= 0.3 is 5.97 Å². The first-order valence-electron chi connectivity index (χ1n) is 5.25. The first kappa shape index (κ1) is 12.9. The van der Waals surface area contributed by atoms with Crippen LogP contribution >= 0.6 is 0 Å². The molecule has 16 heavy (non-hydrogen) atoms. The van der Waals surface area contributed by atoms with Crippen molar-refractivity contribution in [3.05, 3.63) is 0 Å². The zero-order chi connectivity index (χ0) is 11.8. The SMILES string of the molecule is O=C(O)CNC(=O)CONC1CCCNC1. The first-order valence-corrected chi connectivity index (χ1v) is 5.25. The topological polar surface area (TPSA) is 99.7 Å². The molecule has 1 atom stereocenters. The molecule has 7 heteroatoms. The van der Waals surface area contributed by atoms with Crippen molar-refractivity contribution in [3.63, 3.8) is 0 Å². The summed E-state index contributed by atoms with van der Waals surface area (Å²) in [6.07, 6.45) is 2.08. The van der Waals surface area contributed by atoms with Crippen molar-refractivity contribution < 1.29 is 19.5 Å². The molecule has 1 aliphatic heterocycles. The Hall–Kier alpha value is -1.18. The Bertz CT molecular complexity index is 241. The number of rotatable bonds is 6. The Morgan fingerprint density at radius 1 is 1.50 bits per heavy atom. The molecule has 0 aromatic carbocycles. The molecule has 0 bridgehead atoms. The van der Waals surface area contributed by atoms with Crippen LogP contribution < -0.4 is 16.1 Å². The highest BCUT2D eigenvalue weighted by atomic mass is 16.6. The molecule has 0 aliphatic carbocycles. The summed E-state index contributed by atoms with van der Waals surface area (Å²) >= 11 is 0. The zero-order valence-electron chi connectivity index (χ0n) is 8.99. The van der Waals surface area contributed by atoms with E-state index in [0.29, 0.717) is 0 Å². The van der Waals surface area contributed by atoms with Crippen LogP contribution in [-0.2, 0) is 14.4 Å². The Balaban J connectivity index is 2.01. The molecule has 92 valence electrons. The molecule has 4 N–H and O–H groups in total. The van der Waals surface area contributed by atoms with Crippen LogP contribution in [0.3, 0.4) is 0 Å². The predicted molar refractivity (Wildman–Crippen MR) is 55.6 cm³/mol. The molecule has 1 rings (SSSR count). The maximum Gasteiger partial charge on any atom is 0.322 e. The lowest BCUT2D eigenvalue weighted by Gasteiger charge is -2.23. The van der Waals surface area contributed by atoms with E-state index in [1.54, 1.807) is 0 Å². The number of nitrogens with one attached hydrogen (secondary N) is 3. The number of hydroxylamine groups is 1. The van der Waals surface area contributed by atoms with Crippen LogP contribution in [0.15, 0.2) is 0 Å². The van der Waals surface area contributed by atoms with Crippen LogP contribution in [0.2, 0.25) is 0 Å². The molecule has 7 nitrogen and oxygen atoms in total. The van der Waals surface area contributed by atoms with E-state index < -0.39 is 11.9 Å². The van der Waals surface area contributed by atoms with Gasteiger partial charge in [-0.2, -0.15) is 5.48 Å². The monoisotopic (exact) mass is 231 g/mol. The summed E-state index contributed by atoms with van der Waals surface area (Å²) in [5.41, 5.74) is 2.77. The van der Waals surface area contributed by atoms with Gasteiger partial charge in [0.05, 0.1) is 0 Å². The van der Waals surface area contributed by atoms with E-state index in [9.17, 15) is 9.59 Å². The summed E-state index contributed by atoms with van der Waals surface area (Å²) in [6, 6.07) is 0.209. The normalized spacial score (nSPS) is 20.4. The second kappa shape index (κ2) is 7.15. The van der Waals surface area contributed by atoms with Crippen LogP contribution in [0.5, 0.6) is 0 Å². The van der Waals surface area contributed by atoms with Gasteiger partial charge in [-0.1, -0.05) is 0 Å². The lowest BCUT2D eigenvalue weighted by atomic mass is 10.1. The number of hydrogen-bond acceptors (Lipinski definition) is 5. The average molecular weight is 231 g/mol. The van der Waals surface area contributed by atoms with Gasteiger partial charge in [0.15, 0.2) is 0 Å². The van der Waals surface area contributed by atoms with Gasteiger partial charge in [-0.25, -0.2) is 0 Å². The highest BCUT2D eigenvalue weighted by Gasteiger charge is 2.13. The fourth-order valence-electron chi connectivity index (χ4n) is 1.40. The standard InChI is InChI=1S/C9H17N3O4/c13-8(11-5-9(14)15)6-16-12-7-2-1-3-10-4-7/h7,10,12H,1-6H2,(H,11,13)(H,14,15). The van der Waals surface area contributed by atoms with E-state index in [1.165, 1.54) is 0 Å². The van der Waals surface area contributed by atoms with Gasteiger partial charge in [0.1, 0.15) is 13.2 Å². The Morgan fingerprint density at radius 2 is 2.31 bits per heavy atom. The van der Waals surface area contributed by atoms with E-state index in [-0.39, 0.29) is 19.2 Å². The van der Waals surface area contributed by atoms with Crippen molar-refractivity contribution in [1.29, 1.82) is 0 Å². The predicted octanol–water partition coefficient (Wildman–Crippen LogP) is -1.54. The number of carboxylic acids is 1. The summed E-state index contributed by atoms with van der Waals surface area (Å²) in [6.45, 7) is 1.27. The van der Waals surface area contributed by atoms with E-state index >= 15 is 0 Å². The summed E-state index contributed by atoms with van der Waals surface area (Å²) in [5.74, 6) is -1.52. The number of hydrogen-bond donors (Lipinski definition) is 4. The number of carboxylic acid groups (broad SMARTS) is 1. The molecule has 1 aliphatic rings. The minimum Gasteiger partial charge on any atom is -0.480 e. The van der Waals surface area contributed by atoms with Crippen LogP contribution in [0.1, 0.15) is 12.8 Å². The summed E-state index contributed by atoms with van der Waals surface area (Å²) < 4.78 is 0. The Morgan fingerprint density at radius 3 is 2.94 bits per heavy atom. The molecule has 0 aromatic heterocycles. The fraction of sp³-hybridized carbons (Fsp3) is 0.778. The van der Waals surface area contributed by atoms with Crippen molar-refractivity contribution in [2.75, 3.05) is 26.2 Å². The van der Waals surface area contributed by atoms with E-state index in [1.807, 2.05) is 0 Å². The third kappa shape index (κ3) is 5.64. The maximum absolute atomic E-state index is 11.0. The van der Waals surface area contributed by atoms with Gasteiger partial charge in [0, 0.05) is 12.6 Å². The average Bonchev–Trinajstić information content (AvgIpc) is 2.28. The van der Waals surface area contributed by atoms with Crippen molar-refractivity contribution in [3.8, 4) is 0 Å². The number of carbonyl (C=O) groups excluding carboxylic acids is 1. The third-order valence-electron chi connectivity index (χ3n) is 2.19. The molecule has 1 heterocycles. The van der Waals surface area contributed by atoms with Crippen LogP contribution in [0.25, 0.3) is 0 Å². The molecule has 0 aromatic rings. The minimum atomic E-state index is -1.07. The molecule has 0 saturated carbocycles. The largest absolute Gasteiger partial charge is 0.480 e. The smallest absolute Gasteiger partial charge is 0.322 e. The van der Waals surface area contributed by atoms with Crippen molar-refractivity contribution in [1.82, 2.24) is 16.1 Å². The zero-order valence-corrected chi connectivity index (χ0v) is 8.99. The van der Waals surface area contributed by atoms with Gasteiger partial charge in [-0.15, -0.1) is 0 Å². The molecule has 1 unspecified atom stereocenters. The molecular weight excluding hydrogens is 214 g/mol. The first-order chi connectivity index (χ1) is 7.68. The van der Waals surface area contributed by atoms with Crippen LogP contribution in [0.4, 0.5) is 0 Å². The maximum atomic E-state index is 11.0. The number of amides is 1. The Kier molecular flexibility index (Phi) is 5.76. The van der Waals surface area contributed by atoms with Gasteiger partial charge in [0.25, 0.3) is 0 Å². The quantitative estimate of drug-likeness (QED) is 0.413. The van der Waals surface area contributed by atoms with Crippen molar-refractivity contribution in [2.24, 2.45) is 0 Å². The van der Waals surface area contributed by atoms with Crippen molar-refractivity contribution >= 4 is 11.9 Å². The van der Waals surface area contributed by atoms with Gasteiger partial charge in [0.2, 0.25) is 5.91 Å². The molecule has 1 saturated heterocycles. The lowest BCUT2D eigenvalue weighted by molar-refractivity contribution is -0.139. The van der Waals surface area contributed by atoms with Crippen molar-refractivity contribution in [2.45, 2.75) is 18.9 Å². The summed E-state index contributed by atoms with van der Waals surface area (Å²) in [5, 5.41) is 13.7. The van der Waals surface area contributed by atoms with Gasteiger partial charge in [-0.3, -0.25) is 14.4 Å². The van der Waals surface area contributed by atoms with E-state index in [0.717, 1.165) is 25.9 Å². The fourth-order valence-corrected chi connectivity index (χ4v) is 1.40. The highest BCUT2D eigenvalue weighted by molar-refractivity contribution is 5.81. The summed E-state index contributed by atoms with van der Waals surface area (Å²) in [7, 11) is 0. The number of aliphatic carboxylic acids is 1. The molecule has 1 amide bonds. The third-order valence-corrected chi connectivity index (χ3v) is 2.19. The number of carbonyl (C=O) groups is 2. The van der Waals surface area contributed by atoms with Crippen LogP contribution in [-0.4, -0.2) is 49.3 Å².